The molecule has 8 heteroatoms. The van der Waals surface area contributed by atoms with Gasteiger partial charge in [0.05, 0.1) is 11.5 Å². The zero-order valence-electron chi connectivity index (χ0n) is 14.2. The number of nitrogens with one attached hydrogen (secondary N) is 3. The Morgan fingerprint density at radius 1 is 1.22 bits per heavy atom. The average Bonchev–Trinajstić information content (AvgIpc) is 3.27. The molecule has 2 aromatic rings. The normalized spacial score (nSPS) is 18.1. The second-order valence-electron chi connectivity index (χ2n) is 5.88. The number of carbonyl (C=O) groups is 2. The van der Waals surface area contributed by atoms with E-state index in [1.54, 1.807) is 18.2 Å². The van der Waals surface area contributed by atoms with E-state index in [1.165, 1.54) is 11.8 Å². The molecule has 3 amide bonds. The van der Waals surface area contributed by atoms with Gasteiger partial charge in [0.25, 0.3) is 5.91 Å². The Balaban J connectivity index is 1.39. The Labute approximate surface area is 159 Å². The number of hydrogen-bond acceptors (Lipinski definition) is 5. The smallest absolute Gasteiger partial charge is 0.339 e. The number of benzene rings is 2. The number of thioether (sulfide) groups is 1. The van der Waals surface area contributed by atoms with E-state index >= 15 is 0 Å². The second kappa shape index (κ2) is 7.55. The van der Waals surface area contributed by atoms with Gasteiger partial charge >= 0.3 is 6.03 Å². The summed E-state index contributed by atoms with van der Waals surface area (Å²) in [5, 5.41) is 9.54. The first-order valence-electron chi connectivity index (χ1n) is 8.34. The molecule has 7 nitrogen and oxygen atoms in total. The maximum Gasteiger partial charge on any atom is 0.339 e. The van der Waals surface area contributed by atoms with Crippen LogP contribution < -0.4 is 20.8 Å². The first-order chi connectivity index (χ1) is 13.2. The van der Waals surface area contributed by atoms with Crippen molar-refractivity contribution in [2.45, 2.75) is 6.42 Å². The van der Waals surface area contributed by atoms with Crippen LogP contribution in [0.15, 0.2) is 58.5 Å². The third-order valence-electron chi connectivity index (χ3n) is 3.95. The number of carbonyl (C=O) groups excluding carboxylic acids is 2. The molecule has 4 rings (SSSR count). The first-order valence-corrected chi connectivity index (χ1v) is 9.15. The number of amides is 3. The number of amidine groups is 1. The molecule has 1 fully saturated rings. The van der Waals surface area contributed by atoms with E-state index in [-0.39, 0.29) is 5.91 Å². The van der Waals surface area contributed by atoms with Crippen molar-refractivity contribution in [3.8, 4) is 5.75 Å². The highest BCUT2D eigenvalue weighted by Gasteiger charge is 2.24. The van der Waals surface area contributed by atoms with Gasteiger partial charge in [0.15, 0.2) is 5.17 Å². The highest BCUT2D eigenvalue weighted by molar-refractivity contribution is 8.18. The summed E-state index contributed by atoms with van der Waals surface area (Å²) in [4.78, 5) is 24.5. The molecule has 136 valence electrons. The Hall–Kier alpha value is -3.26. The molecule has 2 aliphatic rings. The van der Waals surface area contributed by atoms with Gasteiger partial charge in [-0.05, 0) is 53.2 Å². The van der Waals surface area contributed by atoms with Crippen LogP contribution >= 0.6 is 11.8 Å². The van der Waals surface area contributed by atoms with Crippen molar-refractivity contribution in [2.75, 3.05) is 11.9 Å². The number of rotatable bonds is 3. The van der Waals surface area contributed by atoms with Gasteiger partial charge in [0, 0.05) is 12.1 Å². The third-order valence-corrected chi connectivity index (χ3v) is 4.86. The molecule has 27 heavy (non-hydrogen) atoms. The highest BCUT2D eigenvalue weighted by atomic mass is 32.2. The lowest BCUT2D eigenvalue weighted by molar-refractivity contribution is -0.115. The van der Waals surface area contributed by atoms with Gasteiger partial charge in [0.1, 0.15) is 5.75 Å². The minimum Gasteiger partial charge on any atom is -0.493 e. The number of urea groups is 1. The van der Waals surface area contributed by atoms with E-state index in [0.29, 0.717) is 22.4 Å². The average molecular weight is 380 g/mol. The van der Waals surface area contributed by atoms with Gasteiger partial charge in [-0.3, -0.25) is 10.1 Å². The number of para-hydroxylation sites is 1. The van der Waals surface area contributed by atoms with Gasteiger partial charge in [0.2, 0.25) is 0 Å². The van der Waals surface area contributed by atoms with Gasteiger partial charge in [-0.15, -0.1) is 5.10 Å². The zero-order chi connectivity index (χ0) is 18.6. The predicted molar refractivity (Wildman–Crippen MR) is 105 cm³/mol. The summed E-state index contributed by atoms with van der Waals surface area (Å²) in [6.07, 6.45) is 2.67. The lowest BCUT2D eigenvalue weighted by Crippen LogP contribution is -2.28. The van der Waals surface area contributed by atoms with Crippen LogP contribution in [0.5, 0.6) is 5.75 Å². The van der Waals surface area contributed by atoms with Crippen LogP contribution in [-0.2, 0) is 11.2 Å². The lowest BCUT2D eigenvalue weighted by atomic mass is 10.1. The molecule has 3 N–H and O–H groups in total. The van der Waals surface area contributed by atoms with Gasteiger partial charge in [-0.1, -0.05) is 24.3 Å². The standard InChI is InChI=1S/C19H16N4O3S/c24-17-16(11-12-6-7-15-13(10-12)8-9-26-15)27-19(21-17)23-22-18(25)20-14-4-2-1-3-5-14/h1-7,10-11H,8-9H2,(H2,20,22,25)(H,21,23,24)/b16-11+. The molecule has 0 aliphatic carbocycles. The monoisotopic (exact) mass is 380 g/mol. The molecule has 2 aliphatic heterocycles. The molecule has 2 aromatic carbocycles. The minimum atomic E-state index is -0.486. The molecular formula is C19H16N4O3S. The number of hydrogen-bond donors (Lipinski definition) is 3. The van der Waals surface area contributed by atoms with Crippen molar-refractivity contribution >= 4 is 40.6 Å². The van der Waals surface area contributed by atoms with Crippen LogP contribution in [0.25, 0.3) is 6.08 Å². The topological polar surface area (TPSA) is 91.8 Å². The number of anilines is 1. The molecule has 0 aromatic heterocycles. The van der Waals surface area contributed by atoms with Crippen molar-refractivity contribution < 1.29 is 14.3 Å². The SMILES string of the molecule is O=C(NN=C1NC(=O)/C(=C\c2ccc3c(c2)CCO3)S1)Nc1ccccc1. The molecule has 0 radical (unpaired) electrons. The van der Waals surface area contributed by atoms with Crippen LogP contribution in [-0.4, -0.2) is 23.7 Å². The summed E-state index contributed by atoms with van der Waals surface area (Å²) >= 11 is 1.17. The van der Waals surface area contributed by atoms with Gasteiger partial charge in [-0.25, -0.2) is 10.2 Å². The van der Waals surface area contributed by atoms with Crippen LogP contribution in [0.4, 0.5) is 10.5 Å². The van der Waals surface area contributed by atoms with Crippen molar-refractivity contribution in [3.63, 3.8) is 0 Å². The molecule has 2 heterocycles. The van der Waals surface area contributed by atoms with E-state index in [2.05, 4.69) is 21.2 Å². The number of hydrazone groups is 1. The summed E-state index contributed by atoms with van der Waals surface area (Å²) in [7, 11) is 0. The predicted octanol–water partition coefficient (Wildman–Crippen LogP) is 2.92. The van der Waals surface area contributed by atoms with Crippen molar-refractivity contribution in [1.82, 2.24) is 10.7 Å². The van der Waals surface area contributed by atoms with Crippen LogP contribution in [0.1, 0.15) is 11.1 Å². The van der Waals surface area contributed by atoms with Crippen molar-refractivity contribution in [1.29, 1.82) is 0 Å². The Morgan fingerprint density at radius 2 is 2.07 bits per heavy atom. The lowest BCUT2D eigenvalue weighted by Gasteiger charge is -2.03. The zero-order valence-corrected chi connectivity index (χ0v) is 15.0. The fourth-order valence-corrected chi connectivity index (χ4v) is 3.49. The largest absolute Gasteiger partial charge is 0.493 e. The molecule has 1 saturated heterocycles. The maximum atomic E-state index is 12.1. The Bertz CT molecular complexity index is 957. The highest BCUT2D eigenvalue weighted by Crippen LogP contribution is 2.29. The van der Waals surface area contributed by atoms with E-state index < -0.39 is 6.03 Å². The summed E-state index contributed by atoms with van der Waals surface area (Å²) in [6, 6.07) is 14.4. The number of ether oxygens (including phenoxy) is 1. The van der Waals surface area contributed by atoms with Crippen molar-refractivity contribution in [3.05, 3.63) is 64.6 Å². The summed E-state index contributed by atoms with van der Waals surface area (Å²) in [5.41, 5.74) is 5.09. The van der Waals surface area contributed by atoms with Crippen LogP contribution in [0.2, 0.25) is 0 Å². The molecule has 0 saturated carbocycles. The molecule has 0 unspecified atom stereocenters. The van der Waals surface area contributed by atoms with Gasteiger partial charge in [-0.2, -0.15) is 0 Å². The van der Waals surface area contributed by atoms with E-state index in [1.807, 2.05) is 36.4 Å². The fraction of sp³-hybridized carbons (Fsp3) is 0.105. The number of nitrogens with zero attached hydrogens (tertiary/aromatic N) is 1. The molecule has 0 bridgehead atoms. The van der Waals surface area contributed by atoms with Gasteiger partial charge < -0.3 is 10.1 Å². The fourth-order valence-electron chi connectivity index (χ4n) is 2.71. The quantitative estimate of drug-likeness (QED) is 0.564. The minimum absolute atomic E-state index is 0.249. The Kier molecular flexibility index (Phi) is 4.80. The van der Waals surface area contributed by atoms with Crippen LogP contribution in [0, 0.1) is 0 Å². The Morgan fingerprint density at radius 3 is 2.93 bits per heavy atom. The first kappa shape index (κ1) is 17.2. The summed E-state index contributed by atoms with van der Waals surface area (Å²) in [6.45, 7) is 0.693. The van der Waals surface area contributed by atoms with Crippen LogP contribution in [0.3, 0.4) is 0 Å². The van der Waals surface area contributed by atoms with E-state index in [9.17, 15) is 9.59 Å². The third kappa shape index (κ3) is 4.12. The molecule has 0 spiro atoms. The summed E-state index contributed by atoms with van der Waals surface area (Å²) in [5.74, 6) is 0.650. The molecule has 0 atom stereocenters. The summed E-state index contributed by atoms with van der Waals surface area (Å²) < 4.78 is 5.49. The van der Waals surface area contributed by atoms with Crippen molar-refractivity contribution in [2.24, 2.45) is 5.10 Å². The maximum absolute atomic E-state index is 12.1. The number of fused-ring (bicyclic) bond motifs is 1. The van der Waals surface area contributed by atoms with E-state index in [0.717, 1.165) is 23.3 Å². The second-order valence-corrected chi connectivity index (χ2v) is 6.91. The molecular weight excluding hydrogens is 364 g/mol. The van der Waals surface area contributed by atoms with E-state index in [4.69, 9.17) is 4.74 Å².